The minimum Gasteiger partial charge on any atom is -0.493 e. The van der Waals surface area contributed by atoms with E-state index in [2.05, 4.69) is 13.8 Å². The monoisotopic (exact) mass is 250 g/mol. The maximum Gasteiger partial charge on any atom is 0.172 e. The first-order valence-corrected chi connectivity index (χ1v) is 6.37. The van der Waals surface area contributed by atoms with Gasteiger partial charge in [0.1, 0.15) is 18.1 Å². The first kappa shape index (κ1) is 14.6. The number of carbonyl (C=O) groups is 1. The van der Waals surface area contributed by atoms with Gasteiger partial charge in [0.2, 0.25) is 0 Å². The highest BCUT2D eigenvalue weighted by Gasteiger charge is 2.07. The van der Waals surface area contributed by atoms with Gasteiger partial charge in [0, 0.05) is 5.92 Å². The molecule has 0 aromatic heterocycles. The second-order valence-corrected chi connectivity index (χ2v) is 5.09. The largest absolute Gasteiger partial charge is 0.493 e. The molecule has 100 valence electrons. The van der Waals surface area contributed by atoms with E-state index in [9.17, 15) is 4.79 Å². The van der Waals surface area contributed by atoms with Gasteiger partial charge in [-0.05, 0) is 30.2 Å². The van der Waals surface area contributed by atoms with Crippen LogP contribution in [0.1, 0.15) is 27.7 Å². The van der Waals surface area contributed by atoms with Gasteiger partial charge in [-0.2, -0.15) is 0 Å². The highest BCUT2D eigenvalue weighted by molar-refractivity contribution is 5.81. The molecule has 18 heavy (non-hydrogen) atoms. The van der Waals surface area contributed by atoms with Crippen LogP contribution in [0.15, 0.2) is 24.3 Å². The van der Waals surface area contributed by atoms with Crippen LogP contribution in [-0.2, 0) is 4.79 Å². The van der Waals surface area contributed by atoms with Crippen molar-refractivity contribution in [3.63, 3.8) is 0 Å². The fourth-order valence-corrected chi connectivity index (χ4v) is 1.22. The number of ketones is 1. The van der Waals surface area contributed by atoms with E-state index in [1.165, 1.54) is 0 Å². The molecule has 1 aromatic rings. The second-order valence-electron chi connectivity index (χ2n) is 5.09. The fraction of sp³-hybridized carbons (Fsp3) is 0.533. The Morgan fingerprint density at radius 3 is 1.94 bits per heavy atom. The molecule has 3 heteroatoms. The van der Waals surface area contributed by atoms with Crippen molar-refractivity contribution in [1.82, 2.24) is 0 Å². The summed E-state index contributed by atoms with van der Waals surface area (Å²) in [7, 11) is 0. The second kappa shape index (κ2) is 7.04. The predicted molar refractivity (Wildman–Crippen MR) is 72.1 cm³/mol. The molecular formula is C15H22O3. The first-order valence-electron chi connectivity index (χ1n) is 6.37. The van der Waals surface area contributed by atoms with Crippen molar-refractivity contribution in [2.45, 2.75) is 27.7 Å². The maximum absolute atomic E-state index is 11.4. The molecule has 0 fully saturated rings. The van der Waals surface area contributed by atoms with Crippen LogP contribution < -0.4 is 9.47 Å². The Morgan fingerprint density at radius 1 is 1.00 bits per heavy atom. The van der Waals surface area contributed by atoms with Crippen LogP contribution in [-0.4, -0.2) is 19.0 Å². The third-order valence-electron chi connectivity index (χ3n) is 2.43. The van der Waals surface area contributed by atoms with Crippen molar-refractivity contribution < 1.29 is 14.3 Å². The molecule has 0 spiro atoms. The fourth-order valence-electron chi connectivity index (χ4n) is 1.22. The van der Waals surface area contributed by atoms with Crippen LogP contribution in [0.5, 0.6) is 11.5 Å². The molecule has 0 aliphatic carbocycles. The SMILES string of the molecule is CC(C)COc1ccc(OCC(=O)C(C)C)cc1. The molecule has 0 heterocycles. The van der Waals surface area contributed by atoms with Gasteiger partial charge in [-0.15, -0.1) is 0 Å². The number of ether oxygens (including phenoxy) is 2. The molecule has 0 amide bonds. The van der Waals surface area contributed by atoms with Crippen LogP contribution >= 0.6 is 0 Å². The maximum atomic E-state index is 11.4. The van der Waals surface area contributed by atoms with Crippen LogP contribution in [0.4, 0.5) is 0 Å². The van der Waals surface area contributed by atoms with E-state index in [1.54, 1.807) is 0 Å². The topological polar surface area (TPSA) is 35.5 Å². The van der Waals surface area contributed by atoms with E-state index < -0.39 is 0 Å². The summed E-state index contributed by atoms with van der Waals surface area (Å²) in [6.07, 6.45) is 0. The Hall–Kier alpha value is -1.51. The van der Waals surface area contributed by atoms with Crippen molar-refractivity contribution in [3.05, 3.63) is 24.3 Å². The summed E-state index contributed by atoms with van der Waals surface area (Å²) < 4.78 is 11.0. The Labute approximate surface area is 109 Å². The quantitative estimate of drug-likeness (QED) is 0.744. The van der Waals surface area contributed by atoms with Gasteiger partial charge in [0.25, 0.3) is 0 Å². The molecule has 0 saturated heterocycles. The number of Topliss-reactive ketones (excluding diaryl/α,β-unsaturated/α-hetero) is 1. The molecule has 0 N–H and O–H groups in total. The molecule has 0 radical (unpaired) electrons. The Morgan fingerprint density at radius 2 is 1.50 bits per heavy atom. The molecule has 3 nitrogen and oxygen atoms in total. The lowest BCUT2D eigenvalue weighted by Crippen LogP contribution is -2.16. The number of hydrogen-bond donors (Lipinski definition) is 0. The van der Waals surface area contributed by atoms with Crippen LogP contribution in [0.2, 0.25) is 0 Å². The van der Waals surface area contributed by atoms with E-state index in [0.29, 0.717) is 18.3 Å². The molecule has 0 atom stereocenters. The van der Waals surface area contributed by atoms with Crippen molar-refractivity contribution in [1.29, 1.82) is 0 Å². The number of carbonyl (C=O) groups excluding carboxylic acids is 1. The summed E-state index contributed by atoms with van der Waals surface area (Å²) in [5.41, 5.74) is 0. The lowest BCUT2D eigenvalue weighted by molar-refractivity contribution is -0.123. The number of rotatable bonds is 7. The summed E-state index contributed by atoms with van der Waals surface area (Å²) >= 11 is 0. The zero-order valence-electron chi connectivity index (χ0n) is 11.6. The smallest absolute Gasteiger partial charge is 0.172 e. The zero-order valence-corrected chi connectivity index (χ0v) is 11.6. The molecule has 1 aromatic carbocycles. The van der Waals surface area contributed by atoms with E-state index >= 15 is 0 Å². The Bertz CT molecular complexity index is 366. The predicted octanol–water partition coefficient (Wildman–Crippen LogP) is 3.33. The summed E-state index contributed by atoms with van der Waals surface area (Å²) in [6, 6.07) is 7.36. The lowest BCUT2D eigenvalue weighted by atomic mass is 10.1. The third-order valence-corrected chi connectivity index (χ3v) is 2.43. The number of benzene rings is 1. The van der Waals surface area contributed by atoms with Crippen LogP contribution in [0.25, 0.3) is 0 Å². The highest BCUT2D eigenvalue weighted by Crippen LogP contribution is 2.18. The zero-order chi connectivity index (χ0) is 13.5. The minimum atomic E-state index is 0.0126. The summed E-state index contributed by atoms with van der Waals surface area (Å²) in [5, 5.41) is 0. The van der Waals surface area contributed by atoms with E-state index in [0.717, 1.165) is 5.75 Å². The molecule has 1 rings (SSSR count). The van der Waals surface area contributed by atoms with Gasteiger partial charge in [-0.1, -0.05) is 27.7 Å². The van der Waals surface area contributed by atoms with Crippen LogP contribution in [0.3, 0.4) is 0 Å². The molecule has 0 aliphatic heterocycles. The molecular weight excluding hydrogens is 228 g/mol. The Balaban J connectivity index is 2.43. The van der Waals surface area contributed by atoms with E-state index in [4.69, 9.17) is 9.47 Å². The average Bonchev–Trinajstić information content (AvgIpc) is 2.34. The Kier molecular flexibility index (Phi) is 5.69. The van der Waals surface area contributed by atoms with Crippen molar-refractivity contribution in [2.75, 3.05) is 13.2 Å². The van der Waals surface area contributed by atoms with Gasteiger partial charge in [-0.3, -0.25) is 4.79 Å². The van der Waals surface area contributed by atoms with Gasteiger partial charge in [0.15, 0.2) is 5.78 Å². The van der Waals surface area contributed by atoms with Gasteiger partial charge < -0.3 is 9.47 Å². The van der Waals surface area contributed by atoms with E-state index in [1.807, 2.05) is 38.1 Å². The van der Waals surface area contributed by atoms with Gasteiger partial charge in [-0.25, -0.2) is 0 Å². The molecule has 0 unspecified atom stereocenters. The van der Waals surface area contributed by atoms with E-state index in [-0.39, 0.29) is 18.3 Å². The average molecular weight is 250 g/mol. The summed E-state index contributed by atoms with van der Waals surface area (Å²) in [5.74, 6) is 2.14. The van der Waals surface area contributed by atoms with Crippen molar-refractivity contribution in [2.24, 2.45) is 11.8 Å². The van der Waals surface area contributed by atoms with Gasteiger partial charge >= 0.3 is 0 Å². The molecule has 0 saturated carbocycles. The molecule has 0 bridgehead atoms. The molecule has 0 aliphatic rings. The first-order chi connectivity index (χ1) is 8.49. The van der Waals surface area contributed by atoms with Crippen LogP contribution in [0, 0.1) is 11.8 Å². The standard InChI is InChI=1S/C15H22O3/c1-11(2)9-17-13-5-7-14(8-6-13)18-10-15(16)12(3)4/h5-8,11-12H,9-10H2,1-4H3. The van der Waals surface area contributed by atoms with Gasteiger partial charge in [0.05, 0.1) is 6.61 Å². The number of hydrogen-bond acceptors (Lipinski definition) is 3. The third kappa shape index (κ3) is 5.21. The normalized spacial score (nSPS) is 10.8. The summed E-state index contributed by atoms with van der Waals surface area (Å²) in [6.45, 7) is 8.78. The van der Waals surface area contributed by atoms with Crippen molar-refractivity contribution in [3.8, 4) is 11.5 Å². The van der Waals surface area contributed by atoms with Crippen molar-refractivity contribution >= 4 is 5.78 Å². The minimum absolute atomic E-state index is 0.0126. The summed E-state index contributed by atoms with van der Waals surface area (Å²) in [4.78, 5) is 11.4. The lowest BCUT2D eigenvalue weighted by Gasteiger charge is -2.10. The highest BCUT2D eigenvalue weighted by atomic mass is 16.5.